The van der Waals surface area contributed by atoms with E-state index in [9.17, 15) is 4.79 Å². The SMILES string of the molecule is NCCc1ccc2c(c1)CCC(=O)N2CC(N)CO. The number of anilines is 1. The highest BCUT2D eigenvalue weighted by atomic mass is 16.3. The first-order valence-corrected chi connectivity index (χ1v) is 6.64. The van der Waals surface area contributed by atoms with Gasteiger partial charge in [-0.25, -0.2) is 0 Å². The van der Waals surface area contributed by atoms with Crippen molar-refractivity contribution in [2.24, 2.45) is 11.5 Å². The maximum atomic E-state index is 12.0. The van der Waals surface area contributed by atoms with Crippen LogP contribution in [-0.2, 0) is 17.6 Å². The first-order chi connectivity index (χ1) is 9.15. The molecule has 0 aromatic heterocycles. The summed E-state index contributed by atoms with van der Waals surface area (Å²) in [5.74, 6) is 0.0722. The third-order valence-corrected chi connectivity index (χ3v) is 3.43. The molecule has 2 rings (SSSR count). The first-order valence-electron chi connectivity index (χ1n) is 6.64. The van der Waals surface area contributed by atoms with Crippen molar-refractivity contribution in [3.8, 4) is 0 Å². The lowest BCUT2D eigenvalue weighted by molar-refractivity contribution is -0.119. The van der Waals surface area contributed by atoms with Crippen LogP contribution in [0.25, 0.3) is 0 Å². The number of aryl methyl sites for hydroxylation is 1. The maximum absolute atomic E-state index is 12.0. The predicted octanol–water partition coefficient (Wildman–Crippen LogP) is -0.213. The molecule has 1 unspecified atom stereocenters. The molecule has 5 nitrogen and oxygen atoms in total. The molecular formula is C14H21N3O2. The highest BCUT2D eigenvalue weighted by Gasteiger charge is 2.25. The Labute approximate surface area is 113 Å². The molecule has 19 heavy (non-hydrogen) atoms. The number of carbonyl (C=O) groups is 1. The number of hydrogen-bond acceptors (Lipinski definition) is 4. The van der Waals surface area contributed by atoms with Gasteiger partial charge in [0.25, 0.3) is 0 Å². The molecule has 1 aliphatic heterocycles. The molecule has 5 N–H and O–H groups in total. The molecule has 1 amide bonds. The molecule has 1 aromatic rings. The highest BCUT2D eigenvalue weighted by Crippen LogP contribution is 2.28. The van der Waals surface area contributed by atoms with E-state index in [0.717, 1.165) is 24.1 Å². The van der Waals surface area contributed by atoms with E-state index in [4.69, 9.17) is 16.6 Å². The molecule has 0 fully saturated rings. The zero-order valence-corrected chi connectivity index (χ0v) is 11.0. The zero-order chi connectivity index (χ0) is 13.8. The van der Waals surface area contributed by atoms with Crippen molar-refractivity contribution in [1.29, 1.82) is 0 Å². The van der Waals surface area contributed by atoms with Crippen molar-refractivity contribution in [3.63, 3.8) is 0 Å². The number of fused-ring (bicyclic) bond motifs is 1. The van der Waals surface area contributed by atoms with Gasteiger partial charge in [0.1, 0.15) is 0 Å². The lowest BCUT2D eigenvalue weighted by Crippen LogP contribution is -2.45. The van der Waals surface area contributed by atoms with Gasteiger partial charge in [-0.1, -0.05) is 12.1 Å². The van der Waals surface area contributed by atoms with Crippen molar-refractivity contribution in [2.75, 3.05) is 24.6 Å². The Morgan fingerprint density at radius 2 is 2.16 bits per heavy atom. The summed E-state index contributed by atoms with van der Waals surface area (Å²) in [5.41, 5.74) is 14.6. The van der Waals surface area contributed by atoms with E-state index in [0.29, 0.717) is 19.5 Å². The van der Waals surface area contributed by atoms with Gasteiger partial charge in [-0.15, -0.1) is 0 Å². The number of hydrogen-bond donors (Lipinski definition) is 3. The average molecular weight is 263 g/mol. The quantitative estimate of drug-likeness (QED) is 0.685. The van der Waals surface area contributed by atoms with Crippen molar-refractivity contribution >= 4 is 11.6 Å². The van der Waals surface area contributed by atoms with Gasteiger partial charge in [0, 0.05) is 24.7 Å². The Balaban J connectivity index is 2.26. The van der Waals surface area contributed by atoms with Gasteiger partial charge in [0.2, 0.25) is 5.91 Å². The van der Waals surface area contributed by atoms with Gasteiger partial charge >= 0.3 is 0 Å². The van der Waals surface area contributed by atoms with E-state index in [2.05, 4.69) is 6.07 Å². The van der Waals surface area contributed by atoms with Crippen LogP contribution in [0, 0.1) is 0 Å². The standard InChI is InChI=1S/C14H21N3O2/c15-6-5-10-1-3-13-11(7-10)2-4-14(19)17(13)8-12(16)9-18/h1,3,7,12,18H,2,4-6,8-9,15-16H2. The van der Waals surface area contributed by atoms with Gasteiger partial charge in [0.15, 0.2) is 0 Å². The number of nitrogens with two attached hydrogens (primary N) is 2. The summed E-state index contributed by atoms with van der Waals surface area (Å²) in [6, 6.07) is 5.67. The normalized spacial score (nSPS) is 16.4. The number of rotatable bonds is 5. The van der Waals surface area contributed by atoms with E-state index in [1.165, 1.54) is 5.56 Å². The molecule has 104 valence electrons. The fraction of sp³-hybridized carbons (Fsp3) is 0.500. The fourth-order valence-electron chi connectivity index (χ4n) is 2.43. The summed E-state index contributed by atoms with van der Waals surface area (Å²) < 4.78 is 0. The molecule has 0 aliphatic carbocycles. The number of benzene rings is 1. The second-order valence-corrected chi connectivity index (χ2v) is 4.95. The van der Waals surface area contributed by atoms with Crippen molar-refractivity contribution < 1.29 is 9.90 Å². The number of aliphatic hydroxyl groups excluding tert-OH is 1. The summed E-state index contributed by atoms with van der Waals surface area (Å²) in [7, 11) is 0. The van der Waals surface area contributed by atoms with Crippen LogP contribution in [0.5, 0.6) is 0 Å². The third kappa shape index (κ3) is 3.12. The topological polar surface area (TPSA) is 92.6 Å². The Morgan fingerprint density at radius 1 is 1.37 bits per heavy atom. The Morgan fingerprint density at radius 3 is 2.84 bits per heavy atom. The van der Waals surface area contributed by atoms with Gasteiger partial charge in [0.05, 0.1) is 6.61 Å². The predicted molar refractivity (Wildman–Crippen MR) is 74.9 cm³/mol. The van der Waals surface area contributed by atoms with Crippen LogP contribution in [0.15, 0.2) is 18.2 Å². The molecular weight excluding hydrogens is 242 g/mol. The van der Waals surface area contributed by atoms with Gasteiger partial charge < -0.3 is 21.5 Å². The zero-order valence-electron chi connectivity index (χ0n) is 11.0. The monoisotopic (exact) mass is 263 g/mol. The summed E-state index contributed by atoms with van der Waals surface area (Å²) in [6.45, 7) is 0.861. The summed E-state index contributed by atoms with van der Waals surface area (Å²) in [4.78, 5) is 13.7. The molecule has 1 heterocycles. The molecule has 1 aromatic carbocycles. The minimum absolute atomic E-state index is 0.0722. The van der Waals surface area contributed by atoms with E-state index in [-0.39, 0.29) is 12.5 Å². The lowest BCUT2D eigenvalue weighted by Gasteiger charge is -2.31. The number of aliphatic hydroxyl groups is 1. The van der Waals surface area contributed by atoms with Crippen LogP contribution in [0.1, 0.15) is 17.5 Å². The van der Waals surface area contributed by atoms with E-state index in [1.54, 1.807) is 4.90 Å². The molecule has 1 aliphatic rings. The number of amides is 1. The minimum Gasteiger partial charge on any atom is -0.395 e. The number of nitrogens with zero attached hydrogens (tertiary/aromatic N) is 1. The van der Waals surface area contributed by atoms with E-state index >= 15 is 0 Å². The summed E-state index contributed by atoms with van der Waals surface area (Å²) in [5, 5.41) is 9.04. The molecule has 0 bridgehead atoms. The summed E-state index contributed by atoms with van der Waals surface area (Å²) in [6.07, 6.45) is 2.10. The van der Waals surface area contributed by atoms with Crippen LogP contribution >= 0.6 is 0 Å². The second-order valence-electron chi connectivity index (χ2n) is 4.95. The molecule has 0 radical (unpaired) electrons. The van der Waals surface area contributed by atoms with E-state index < -0.39 is 6.04 Å². The largest absolute Gasteiger partial charge is 0.395 e. The average Bonchev–Trinajstić information content (AvgIpc) is 2.42. The summed E-state index contributed by atoms with van der Waals surface area (Å²) >= 11 is 0. The van der Waals surface area contributed by atoms with Crippen LogP contribution < -0.4 is 16.4 Å². The molecule has 1 atom stereocenters. The Bertz CT molecular complexity index is 462. The van der Waals surface area contributed by atoms with Crippen LogP contribution in [-0.4, -0.2) is 36.8 Å². The van der Waals surface area contributed by atoms with E-state index in [1.807, 2.05) is 12.1 Å². The third-order valence-electron chi connectivity index (χ3n) is 3.43. The molecule has 0 spiro atoms. The first kappa shape index (κ1) is 14.0. The van der Waals surface area contributed by atoms with Gasteiger partial charge in [-0.3, -0.25) is 4.79 Å². The minimum atomic E-state index is -0.404. The fourth-order valence-corrected chi connectivity index (χ4v) is 2.43. The van der Waals surface area contributed by atoms with Gasteiger partial charge in [-0.05, 0) is 36.6 Å². The van der Waals surface area contributed by atoms with Crippen molar-refractivity contribution in [2.45, 2.75) is 25.3 Å². The Hall–Kier alpha value is -1.43. The van der Waals surface area contributed by atoms with Crippen LogP contribution in [0.3, 0.4) is 0 Å². The van der Waals surface area contributed by atoms with Crippen molar-refractivity contribution in [3.05, 3.63) is 29.3 Å². The molecule has 0 saturated heterocycles. The van der Waals surface area contributed by atoms with Crippen LogP contribution in [0.4, 0.5) is 5.69 Å². The maximum Gasteiger partial charge on any atom is 0.227 e. The lowest BCUT2D eigenvalue weighted by atomic mass is 9.97. The number of carbonyl (C=O) groups excluding carboxylic acids is 1. The van der Waals surface area contributed by atoms with Gasteiger partial charge in [-0.2, -0.15) is 0 Å². The van der Waals surface area contributed by atoms with Crippen LogP contribution in [0.2, 0.25) is 0 Å². The second kappa shape index (κ2) is 6.14. The Kier molecular flexibility index (Phi) is 4.52. The smallest absolute Gasteiger partial charge is 0.227 e. The molecule has 0 saturated carbocycles. The molecule has 5 heteroatoms. The highest BCUT2D eigenvalue weighted by molar-refractivity contribution is 5.96. The van der Waals surface area contributed by atoms with Crippen molar-refractivity contribution in [1.82, 2.24) is 0 Å².